The highest BCUT2D eigenvalue weighted by Crippen LogP contribution is 2.27. The lowest BCUT2D eigenvalue weighted by molar-refractivity contribution is -0.0429. The molecule has 5 nitrogen and oxygen atoms in total. The summed E-state index contributed by atoms with van der Waals surface area (Å²) in [6.07, 6.45) is 1.49. The molecule has 130 valence electrons. The van der Waals surface area contributed by atoms with Gasteiger partial charge in [0.2, 0.25) is 0 Å². The second-order valence-electron chi connectivity index (χ2n) is 5.02. The molecule has 0 unspecified atom stereocenters. The molecular weight excluding hydrogens is 379 g/mol. The zero-order valence-corrected chi connectivity index (χ0v) is 13.8. The quantitative estimate of drug-likeness (QED) is 0.730. The maximum absolute atomic E-state index is 12.4. The van der Waals surface area contributed by atoms with Crippen molar-refractivity contribution in [2.45, 2.75) is 5.51 Å². The molecule has 3 aromatic rings. The zero-order valence-electron chi connectivity index (χ0n) is 12.2. The number of sulfonamides is 1. The first kappa shape index (κ1) is 17.4. The van der Waals surface area contributed by atoms with Crippen molar-refractivity contribution >= 4 is 38.3 Å². The molecule has 0 atom stereocenters. The van der Waals surface area contributed by atoms with Gasteiger partial charge in [-0.05, 0) is 30.3 Å². The highest BCUT2D eigenvalue weighted by atomic mass is 35.5. The van der Waals surface area contributed by atoms with Gasteiger partial charge in [0.25, 0.3) is 0 Å². The topological polar surface area (TPSA) is 72.0 Å². The van der Waals surface area contributed by atoms with Crippen molar-refractivity contribution < 1.29 is 21.6 Å². The normalized spacial score (nSPS) is 12.3. The fraction of sp³-hybridized carbons (Fsp3) is 0.0667. The van der Waals surface area contributed by atoms with Crippen LogP contribution in [0.25, 0.3) is 22.3 Å². The first-order chi connectivity index (χ1) is 11.7. The van der Waals surface area contributed by atoms with E-state index < -0.39 is 15.5 Å². The van der Waals surface area contributed by atoms with E-state index in [1.165, 1.54) is 35.2 Å². The Balaban J connectivity index is 1.89. The fourth-order valence-electron chi connectivity index (χ4n) is 2.04. The number of alkyl halides is 3. The van der Waals surface area contributed by atoms with E-state index in [-0.39, 0.29) is 5.69 Å². The lowest BCUT2D eigenvalue weighted by atomic mass is 10.1. The molecule has 1 N–H and O–H groups in total. The Morgan fingerprint density at radius 3 is 2.32 bits per heavy atom. The van der Waals surface area contributed by atoms with Gasteiger partial charge in [0.05, 0.1) is 22.9 Å². The largest absolute Gasteiger partial charge is 0.516 e. The third-order valence-electron chi connectivity index (χ3n) is 3.24. The minimum Gasteiger partial charge on any atom is -0.276 e. The molecule has 0 aliphatic carbocycles. The number of rotatable bonds is 3. The van der Waals surface area contributed by atoms with Gasteiger partial charge < -0.3 is 0 Å². The molecule has 10 heteroatoms. The van der Waals surface area contributed by atoms with Crippen LogP contribution in [0.2, 0.25) is 5.02 Å². The van der Waals surface area contributed by atoms with Crippen LogP contribution in [0.15, 0.2) is 48.7 Å². The van der Waals surface area contributed by atoms with Gasteiger partial charge in [-0.25, -0.2) is 4.98 Å². The van der Waals surface area contributed by atoms with Crippen molar-refractivity contribution in [1.29, 1.82) is 0 Å². The second-order valence-corrected chi connectivity index (χ2v) is 7.13. The van der Waals surface area contributed by atoms with Crippen LogP contribution in [0.4, 0.5) is 18.9 Å². The van der Waals surface area contributed by atoms with Crippen LogP contribution in [0.3, 0.4) is 0 Å². The van der Waals surface area contributed by atoms with Crippen molar-refractivity contribution in [3.05, 3.63) is 53.7 Å². The highest BCUT2D eigenvalue weighted by molar-refractivity contribution is 7.93. The standard InChI is InChI=1S/C15H9ClF3N3O2S/c16-10-3-6-12-13(7-10)20-8-14(21-12)9-1-4-11(5-2-9)22-25(23,24)15(17,18)19/h1-8,22H. The molecule has 0 saturated heterocycles. The fourth-order valence-corrected chi connectivity index (χ4v) is 2.77. The van der Waals surface area contributed by atoms with Crippen LogP contribution in [-0.4, -0.2) is 23.9 Å². The summed E-state index contributed by atoms with van der Waals surface area (Å²) in [4.78, 5) is 8.62. The van der Waals surface area contributed by atoms with E-state index in [9.17, 15) is 21.6 Å². The zero-order chi connectivity index (χ0) is 18.2. The van der Waals surface area contributed by atoms with E-state index in [0.717, 1.165) is 0 Å². The molecule has 1 aromatic heterocycles. The number of aromatic nitrogens is 2. The number of benzene rings is 2. The molecule has 0 radical (unpaired) electrons. The number of hydrogen-bond donors (Lipinski definition) is 1. The molecule has 2 aromatic carbocycles. The number of hydrogen-bond acceptors (Lipinski definition) is 4. The van der Waals surface area contributed by atoms with Crippen molar-refractivity contribution in [2.24, 2.45) is 0 Å². The van der Waals surface area contributed by atoms with Crippen molar-refractivity contribution in [3.63, 3.8) is 0 Å². The van der Waals surface area contributed by atoms with Gasteiger partial charge >= 0.3 is 15.5 Å². The third kappa shape index (κ3) is 3.67. The SMILES string of the molecule is O=S(=O)(Nc1ccc(-c2cnc3cc(Cl)ccc3n2)cc1)C(F)(F)F. The Morgan fingerprint density at radius 1 is 1.00 bits per heavy atom. The summed E-state index contributed by atoms with van der Waals surface area (Å²) in [5.74, 6) is 0. The van der Waals surface area contributed by atoms with Crippen molar-refractivity contribution in [3.8, 4) is 11.3 Å². The van der Waals surface area contributed by atoms with Crippen LogP contribution >= 0.6 is 11.6 Å². The molecule has 0 fully saturated rings. The predicted octanol–water partition coefficient (Wildman–Crippen LogP) is 4.21. The third-order valence-corrected chi connectivity index (χ3v) is 4.59. The van der Waals surface area contributed by atoms with E-state index in [2.05, 4.69) is 9.97 Å². The molecule has 0 aliphatic heterocycles. The molecule has 1 heterocycles. The van der Waals surface area contributed by atoms with Gasteiger partial charge in [-0.15, -0.1) is 0 Å². The van der Waals surface area contributed by atoms with Crippen LogP contribution in [-0.2, 0) is 10.0 Å². The number of nitrogens with one attached hydrogen (secondary N) is 1. The molecule has 25 heavy (non-hydrogen) atoms. The van der Waals surface area contributed by atoms with Crippen LogP contribution in [0, 0.1) is 0 Å². The first-order valence-electron chi connectivity index (χ1n) is 6.77. The summed E-state index contributed by atoms with van der Waals surface area (Å²) in [6, 6.07) is 10.3. The molecule has 0 bridgehead atoms. The van der Waals surface area contributed by atoms with E-state index in [4.69, 9.17) is 11.6 Å². The van der Waals surface area contributed by atoms with Crippen molar-refractivity contribution in [1.82, 2.24) is 9.97 Å². The summed E-state index contributed by atoms with van der Waals surface area (Å²) in [6.45, 7) is 0. The average molecular weight is 388 g/mol. The second kappa shape index (κ2) is 6.16. The van der Waals surface area contributed by atoms with Crippen LogP contribution in [0.5, 0.6) is 0 Å². The van der Waals surface area contributed by atoms with Crippen molar-refractivity contribution in [2.75, 3.05) is 4.72 Å². The lowest BCUT2D eigenvalue weighted by Crippen LogP contribution is -2.29. The summed E-state index contributed by atoms with van der Waals surface area (Å²) in [5, 5.41) is 0.524. The summed E-state index contributed by atoms with van der Waals surface area (Å²) < 4.78 is 60.7. The van der Waals surface area contributed by atoms with Gasteiger partial charge in [-0.1, -0.05) is 23.7 Å². The van der Waals surface area contributed by atoms with E-state index in [1.54, 1.807) is 18.2 Å². The molecule has 0 spiro atoms. The Bertz CT molecular complexity index is 1040. The first-order valence-corrected chi connectivity index (χ1v) is 8.64. The molecular formula is C15H9ClF3N3O2S. The monoisotopic (exact) mass is 387 g/mol. The number of nitrogens with zero attached hydrogens (tertiary/aromatic N) is 2. The Morgan fingerprint density at radius 2 is 1.68 bits per heavy atom. The lowest BCUT2D eigenvalue weighted by Gasteiger charge is -2.11. The summed E-state index contributed by atoms with van der Waals surface area (Å²) >= 11 is 5.87. The number of anilines is 1. The van der Waals surface area contributed by atoms with E-state index >= 15 is 0 Å². The Hall–Kier alpha value is -2.39. The average Bonchev–Trinajstić information content (AvgIpc) is 2.53. The summed E-state index contributed by atoms with van der Waals surface area (Å²) in [7, 11) is -5.45. The highest BCUT2D eigenvalue weighted by Gasteiger charge is 2.45. The van der Waals surface area contributed by atoms with Gasteiger partial charge in [0, 0.05) is 16.3 Å². The molecule has 0 aliphatic rings. The predicted molar refractivity (Wildman–Crippen MR) is 88.6 cm³/mol. The number of fused-ring (bicyclic) bond motifs is 1. The van der Waals surface area contributed by atoms with Crippen LogP contribution in [0.1, 0.15) is 0 Å². The molecule has 0 saturated carbocycles. The molecule has 3 rings (SSSR count). The van der Waals surface area contributed by atoms with Gasteiger partial charge in [-0.2, -0.15) is 21.6 Å². The van der Waals surface area contributed by atoms with E-state index in [1.807, 2.05) is 0 Å². The van der Waals surface area contributed by atoms with Crippen LogP contribution < -0.4 is 4.72 Å². The maximum Gasteiger partial charge on any atom is 0.516 e. The van der Waals surface area contributed by atoms with Gasteiger partial charge in [-0.3, -0.25) is 9.71 Å². The van der Waals surface area contributed by atoms with E-state index in [0.29, 0.717) is 27.3 Å². The maximum atomic E-state index is 12.4. The Labute approximate surface area is 145 Å². The number of halogens is 4. The summed E-state index contributed by atoms with van der Waals surface area (Å²) in [5.41, 5.74) is -3.33. The smallest absolute Gasteiger partial charge is 0.276 e. The van der Waals surface area contributed by atoms with Gasteiger partial charge in [0.1, 0.15) is 0 Å². The minimum absolute atomic E-state index is 0.207. The Kier molecular flexibility index (Phi) is 4.29. The molecule has 0 amide bonds. The van der Waals surface area contributed by atoms with Gasteiger partial charge in [0.15, 0.2) is 0 Å². The minimum atomic E-state index is -5.45.